The van der Waals surface area contributed by atoms with E-state index in [-0.39, 0.29) is 11.7 Å². The third-order valence-corrected chi connectivity index (χ3v) is 7.46. The Balaban J connectivity index is 1.33. The smallest absolute Gasteiger partial charge is 0.250 e. The van der Waals surface area contributed by atoms with Crippen molar-refractivity contribution in [1.29, 1.82) is 0 Å². The Bertz CT molecular complexity index is 1250. The van der Waals surface area contributed by atoms with Crippen molar-refractivity contribution in [2.24, 2.45) is 5.10 Å². The Morgan fingerprint density at radius 2 is 1.97 bits per heavy atom. The first-order valence-electron chi connectivity index (χ1n) is 9.97. The number of nitrogens with zero attached hydrogens (tertiary/aromatic N) is 2. The van der Waals surface area contributed by atoms with E-state index in [0.717, 1.165) is 29.3 Å². The molecule has 0 unspecified atom stereocenters. The van der Waals surface area contributed by atoms with Gasteiger partial charge in [-0.2, -0.15) is 5.10 Å². The van der Waals surface area contributed by atoms with E-state index in [1.54, 1.807) is 24.7 Å². The Morgan fingerprint density at radius 1 is 1.18 bits per heavy atom. The predicted molar refractivity (Wildman–Crippen MR) is 143 cm³/mol. The number of hydrazone groups is 1. The first-order chi connectivity index (χ1) is 16.1. The average molecular weight is 589 g/mol. The first kappa shape index (κ1) is 23.5. The fourth-order valence-electron chi connectivity index (χ4n) is 2.94. The molecule has 4 aromatic rings. The lowest BCUT2D eigenvalue weighted by atomic mass is 10.2. The van der Waals surface area contributed by atoms with E-state index in [0.29, 0.717) is 18.1 Å². The minimum atomic E-state index is -0.194. The second-order valence-electron chi connectivity index (χ2n) is 6.84. The van der Waals surface area contributed by atoms with Gasteiger partial charge in [-0.3, -0.25) is 4.79 Å². The second-order valence-corrected chi connectivity index (χ2v) is 10.3. The average Bonchev–Trinajstić information content (AvgIpc) is 3.25. The van der Waals surface area contributed by atoms with Crippen molar-refractivity contribution < 1.29 is 14.3 Å². The number of halogens is 1. The maximum absolute atomic E-state index is 12.2. The van der Waals surface area contributed by atoms with Crippen LogP contribution in [0.4, 0.5) is 0 Å². The van der Waals surface area contributed by atoms with Crippen LogP contribution in [0.5, 0.6) is 11.5 Å². The number of nitrogens with one attached hydrogen (secondary N) is 1. The molecule has 0 aliphatic carbocycles. The molecule has 0 bridgehead atoms. The van der Waals surface area contributed by atoms with Crippen LogP contribution < -0.4 is 14.9 Å². The monoisotopic (exact) mass is 589 g/mol. The summed E-state index contributed by atoms with van der Waals surface area (Å²) in [5.41, 5.74) is 5.38. The summed E-state index contributed by atoms with van der Waals surface area (Å²) in [6.45, 7) is 0.447. The quantitative estimate of drug-likeness (QED) is 0.117. The van der Waals surface area contributed by atoms with Gasteiger partial charge in [-0.05, 0) is 58.0 Å². The lowest BCUT2D eigenvalue weighted by Gasteiger charge is -2.13. The summed E-state index contributed by atoms with van der Waals surface area (Å²) in [5.74, 6) is 1.33. The van der Waals surface area contributed by atoms with Crippen molar-refractivity contribution in [2.75, 3.05) is 12.9 Å². The summed E-state index contributed by atoms with van der Waals surface area (Å²) < 4.78 is 14.4. The Morgan fingerprint density at radius 3 is 2.76 bits per heavy atom. The number of rotatable bonds is 9. The molecular weight excluding hydrogens is 569 g/mol. The van der Waals surface area contributed by atoms with E-state index in [1.807, 2.05) is 66.7 Å². The Labute approximate surface area is 213 Å². The van der Waals surface area contributed by atoms with Crippen LogP contribution in [-0.4, -0.2) is 30.0 Å². The summed E-state index contributed by atoms with van der Waals surface area (Å²) in [7, 11) is 1.60. The van der Waals surface area contributed by atoms with Gasteiger partial charge in [0.1, 0.15) is 6.61 Å². The minimum Gasteiger partial charge on any atom is -0.493 e. The SMILES string of the molecule is COc1cc(/C=N\NC(=O)CSc2nc3ccccc3s2)cc(I)c1OCc1ccccc1. The van der Waals surface area contributed by atoms with Gasteiger partial charge in [0.2, 0.25) is 0 Å². The molecule has 0 aliphatic heterocycles. The molecule has 1 heterocycles. The van der Waals surface area contributed by atoms with Crippen LogP contribution in [-0.2, 0) is 11.4 Å². The number of hydrogen-bond acceptors (Lipinski definition) is 7. The van der Waals surface area contributed by atoms with Crippen molar-refractivity contribution in [2.45, 2.75) is 10.9 Å². The maximum Gasteiger partial charge on any atom is 0.250 e. The molecule has 1 N–H and O–H groups in total. The number of methoxy groups -OCH3 is 1. The summed E-state index contributed by atoms with van der Waals surface area (Å²) in [6.07, 6.45) is 1.59. The standard InChI is InChI=1S/C24H20IN3O3S2/c1-30-20-12-17(11-18(25)23(20)31-14-16-7-3-2-4-8-16)13-26-28-22(29)15-32-24-27-19-9-5-6-10-21(19)33-24/h2-13H,14-15H2,1H3,(H,28,29)/b26-13-. The largest absolute Gasteiger partial charge is 0.493 e. The van der Waals surface area contributed by atoms with Crippen molar-refractivity contribution in [3.63, 3.8) is 0 Å². The fraction of sp³-hybridized carbons (Fsp3) is 0.125. The van der Waals surface area contributed by atoms with Gasteiger partial charge in [-0.15, -0.1) is 11.3 Å². The molecule has 0 saturated heterocycles. The van der Waals surface area contributed by atoms with Crippen LogP contribution in [0.2, 0.25) is 0 Å². The molecule has 1 amide bonds. The Hall–Kier alpha value is -2.63. The highest BCUT2D eigenvalue weighted by Crippen LogP contribution is 2.34. The summed E-state index contributed by atoms with van der Waals surface area (Å²) in [5, 5.41) is 4.08. The van der Waals surface area contributed by atoms with Gasteiger partial charge in [0.05, 0.1) is 32.9 Å². The van der Waals surface area contributed by atoms with Gasteiger partial charge >= 0.3 is 0 Å². The van der Waals surface area contributed by atoms with E-state index in [4.69, 9.17) is 9.47 Å². The topological polar surface area (TPSA) is 72.8 Å². The highest BCUT2D eigenvalue weighted by atomic mass is 127. The van der Waals surface area contributed by atoms with Crippen molar-refractivity contribution in [3.8, 4) is 11.5 Å². The number of carbonyl (C=O) groups excluding carboxylic acids is 1. The van der Waals surface area contributed by atoms with Gasteiger partial charge in [-0.1, -0.05) is 54.2 Å². The third kappa shape index (κ3) is 6.46. The molecule has 0 saturated carbocycles. The maximum atomic E-state index is 12.2. The van der Waals surface area contributed by atoms with Crippen LogP contribution in [0.25, 0.3) is 10.2 Å². The summed E-state index contributed by atoms with van der Waals surface area (Å²) >= 11 is 5.18. The van der Waals surface area contributed by atoms with E-state index in [9.17, 15) is 4.79 Å². The molecule has 0 spiro atoms. The van der Waals surface area contributed by atoms with E-state index in [1.165, 1.54) is 11.8 Å². The van der Waals surface area contributed by atoms with Crippen LogP contribution in [0.15, 0.2) is 76.2 Å². The van der Waals surface area contributed by atoms with Crippen molar-refractivity contribution >= 4 is 68.0 Å². The molecule has 0 aliphatic rings. The van der Waals surface area contributed by atoms with Crippen LogP contribution in [0.3, 0.4) is 0 Å². The minimum absolute atomic E-state index is 0.194. The molecule has 0 atom stereocenters. The number of ether oxygens (including phenoxy) is 2. The number of amides is 1. The zero-order valence-electron chi connectivity index (χ0n) is 17.7. The number of para-hydroxylation sites is 1. The number of aromatic nitrogens is 1. The normalized spacial score (nSPS) is 11.1. The molecule has 0 radical (unpaired) electrons. The molecule has 33 heavy (non-hydrogen) atoms. The van der Waals surface area contributed by atoms with Gasteiger partial charge in [-0.25, -0.2) is 10.4 Å². The summed E-state index contributed by atoms with van der Waals surface area (Å²) in [6, 6.07) is 21.6. The van der Waals surface area contributed by atoms with Gasteiger partial charge in [0.25, 0.3) is 5.91 Å². The van der Waals surface area contributed by atoms with Gasteiger partial charge in [0.15, 0.2) is 15.8 Å². The third-order valence-electron chi connectivity index (χ3n) is 4.48. The number of carbonyl (C=O) groups is 1. The van der Waals surface area contributed by atoms with Crippen molar-refractivity contribution in [3.05, 3.63) is 81.4 Å². The molecule has 9 heteroatoms. The van der Waals surface area contributed by atoms with Crippen LogP contribution >= 0.6 is 45.7 Å². The molecule has 4 rings (SSSR count). The van der Waals surface area contributed by atoms with Gasteiger partial charge < -0.3 is 9.47 Å². The lowest BCUT2D eigenvalue weighted by molar-refractivity contribution is -0.118. The Kier molecular flexibility index (Phi) is 8.19. The van der Waals surface area contributed by atoms with E-state index < -0.39 is 0 Å². The molecular formula is C24H20IN3O3S2. The lowest BCUT2D eigenvalue weighted by Crippen LogP contribution is -2.19. The molecule has 168 valence electrons. The fourth-order valence-corrected chi connectivity index (χ4v) is 5.58. The van der Waals surface area contributed by atoms with E-state index in [2.05, 4.69) is 38.1 Å². The first-order valence-corrected chi connectivity index (χ1v) is 12.8. The number of benzene rings is 3. The highest BCUT2D eigenvalue weighted by molar-refractivity contribution is 14.1. The molecule has 6 nitrogen and oxygen atoms in total. The number of thiazole rings is 1. The second kappa shape index (κ2) is 11.5. The van der Waals surface area contributed by atoms with Crippen molar-refractivity contribution in [1.82, 2.24) is 10.4 Å². The zero-order chi connectivity index (χ0) is 23.0. The number of fused-ring (bicyclic) bond motifs is 1. The van der Waals surface area contributed by atoms with Gasteiger partial charge in [0, 0.05) is 0 Å². The molecule has 0 fully saturated rings. The van der Waals surface area contributed by atoms with Crippen LogP contribution in [0.1, 0.15) is 11.1 Å². The zero-order valence-corrected chi connectivity index (χ0v) is 21.4. The number of hydrogen-bond donors (Lipinski definition) is 1. The molecule has 1 aromatic heterocycles. The summed E-state index contributed by atoms with van der Waals surface area (Å²) in [4.78, 5) is 16.7. The van der Waals surface area contributed by atoms with Crippen LogP contribution in [0, 0.1) is 3.57 Å². The number of thioether (sulfide) groups is 1. The van der Waals surface area contributed by atoms with E-state index >= 15 is 0 Å². The highest BCUT2D eigenvalue weighted by Gasteiger charge is 2.12. The predicted octanol–water partition coefficient (Wildman–Crippen LogP) is 5.73. The molecule has 3 aromatic carbocycles.